The molecule has 4 aromatic rings. The molecule has 5 rings (SSSR count). The van der Waals surface area contributed by atoms with Gasteiger partial charge in [-0.05, 0) is 24.3 Å². The predicted molar refractivity (Wildman–Crippen MR) is 126 cm³/mol. The molecule has 0 unspecified atom stereocenters. The van der Waals surface area contributed by atoms with Crippen LogP contribution in [0.5, 0.6) is 5.75 Å². The standard InChI is InChI=1S/C23H24N6O2S/c30-22(28-23-25-10-15-32-23)17-5-3-6-18-20(17)27-21(26-18)16-4-1-2-7-19(16)31-14-13-29-11-8-24-9-12-29/h1-7,10,15,24H,8-9,11-14H2,(H,26,27)(H,25,28,30). The maximum Gasteiger partial charge on any atom is 0.259 e. The van der Waals surface area contributed by atoms with Crippen LogP contribution in [0.15, 0.2) is 54.0 Å². The first-order valence-electron chi connectivity index (χ1n) is 10.6. The highest BCUT2D eigenvalue weighted by atomic mass is 32.1. The largest absolute Gasteiger partial charge is 0.491 e. The molecule has 0 radical (unpaired) electrons. The van der Waals surface area contributed by atoms with Crippen molar-refractivity contribution in [1.82, 2.24) is 25.2 Å². The molecule has 32 heavy (non-hydrogen) atoms. The summed E-state index contributed by atoms with van der Waals surface area (Å²) in [5.41, 5.74) is 2.78. The van der Waals surface area contributed by atoms with E-state index in [0.29, 0.717) is 28.6 Å². The van der Waals surface area contributed by atoms with E-state index in [4.69, 9.17) is 9.72 Å². The Morgan fingerprint density at radius 3 is 2.88 bits per heavy atom. The number of rotatable bonds is 7. The Morgan fingerprint density at radius 1 is 1.16 bits per heavy atom. The van der Waals surface area contributed by atoms with Crippen molar-refractivity contribution in [3.8, 4) is 17.1 Å². The number of carbonyl (C=O) groups excluding carboxylic acids is 1. The summed E-state index contributed by atoms with van der Waals surface area (Å²) in [6, 6.07) is 13.4. The Labute approximate surface area is 189 Å². The fourth-order valence-corrected chi connectivity index (χ4v) is 4.32. The summed E-state index contributed by atoms with van der Waals surface area (Å²) >= 11 is 1.38. The van der Waals surface area contributed by atoms with Crippen molar-refractivity contribution in [2.75, 3.05) is 44.6 Å². The molecule has 0 atom stereocenters. The van der Waals surface area contributed by atoms with Crippen LogP contribution < -0.4 is 15.4 Å². The van der Waals surface area contributed by atoms with Gasteiger partial charge in [0, 0.05) is 44.3 Å². The number of hydrogen-bond donors (Lipinski definition) is 3. The zero-order chi connectivity index (χ0) is 21.8. The van der Waals surface area contributed by atoms with Gasteiger partial charge in [0.15, 0.2) is 5.13 Å². The smallest absolute Gasteiger partial charge is 0.259 e. The number of benzene rings is 2. The predicted octanol–water partition coefficient (Wildman–Crippen LogP) is 3.22. The van der Waals surface area contributed by atoms with Crippen LogP contribution in [0.25, 0.3) is 22.4 Å². The van der Waals surface area contributed by atoms with E-state index in [0.717, 1.165) is 49.6 Å². The molecular formula is C23H24N6O2S. The second kappa shape index (κ2) is 9.47. The van der Waals surface area contributed by atoms with Crippen molar-refractivity contribution in [3.63, 3.8) is 0 Å². The number of ether oxygens (including phenoxy) is 1. The lowest BCUT2D eigenvalue weighted by Gasteiger charge is -2.27. The second-order valence-electron chi connectivity index (χ2n) is 7.51. The van der Waals surface area contributed by atoms with Gasteiger partial charge in [0.05, 0.1) is 16.6 Å². The number of nitrogens with one attached hydrogen (secondary N) is 3. The van der Waals surface area contributed by atoms with Gasteiger partial charge in [0.25, 0.3) is 5.91 Å². The number of H-pyrrole nitrogens is 1. The highest BCUT2D eigenvalue weighted by Crippen LogP contribution is 2.30. The molecule has 1 fully saturated rings. The molecule has 0 aliphatic carbocycles. The molecule has 0 spiro atoms. The zero-order valence-corrected chi connectivity index (χ0v) is 18.3. The van der Waals surface area contributed by atoms with Crippen molar-refractivity contribution in [3.05, 3.63) is 59.6 Å². The average Bonchev–Trinajstić information content (AvgIpc) is 3.49. The third kappa shape index (κ3) is 4.50. The molecule has 3 heterocycles. The zero-order valence-electron chi connectivity index (χ0n) is 17.5. The van der Waals surface area contributed by atoms with Gasteiger partial charge in [0.2, 0.25) is 0 Å². The number of nitrogens with zero attached hydrogens (tertiary/aromatic N) is 3. The summed E-state index contributed by atoms with van der Waals surface area (Å²) in [4.78, 5) is 27.4. The Morgan fingerprint density at radius 2 is 2.03 bits per heavy atom. The highest BCUT2D eigenvalue weighted by Gasteiger charge is 2.17. The maximum absolute atomic E-state index is 12.8. The number of para-hydroxylation sites is 2. The summed E-state index contributed by atoms with van der Waals surface area (Å²) in [5.74, 6) is 1.21. The number of hydrogen-bond acceptors (Lipinski definition) is 7. The van der Waals surface area contributed by atoms with E-state index in [1.165, 1.54) is 11.3 Å². The summed E-state index contributed by atoms with van der Waals surface area (Å²) < 4.78 is 6.13. The molecule has 3 N–H and O–H groups in total. The second-order valence-corrected chi connectivity index (χ2v) is 8.41. The molecule has 164 valence electrons. The van der Waals surface area contributed by atoms with Crippen LogP contribution in [0.3, 0.4) is 0 Å². The highest BCUT2D eigenvalue weighted by molar-refractivity contribution is 7.13. The Hall–Kier alpha value is -3.27. The lowest BCUT2D eigenvalue weighted by Crippen LogP contribution is -2.44. The minimum absolute atomic E-state index is 0.232. The minimum Gasteiger partial charge on any atom is -0.491 e. The van der Waals surface area contributed by atoms with Gasteiger partial charge in [-0.15, -0.1) is 11.3 Å². The molecule has 1 saturated heterocycles. The van der Waals surface area contributed by atoms with Crippen molar-refractivity contribution in [2.45, 2.75) is 0 Å². The quantitative estimate of drug-likeness (QED) is 0.402. The van der Waals surface area contributed by atoms with E-state index in [1.807, 2.05) is 41.8 Å². The Bertz CT molecular complexity index is 1200. The minimum atomic E-state index is -0.232. The van der Waals surface area contributed by atoms with Gasteiger partial charge >= 0.3 is 0 Å². The summed E-state index contributed by atoms with van der Waals surface area (Å²) in [6.45, 7) is 5.62. The lowest BCUT2D eigenvalue weighted by atomic mass is 10.1. The topological polar surface area (TPSA) is 95.2 Å². The molecule has 1 aliphatic heterocycles. The number of anilines is 1. The molecule has 1 aliphatic rings. The van der Waals surface area contributed by atoms with E-state index >= 15 is 0 Å². The number of amides is 1. The number of fused-ring (bicyclic) bond motifs is 1. The van der Waals surface area contributed by atoms with E-state index in [2.05, 4.69) is 25.5 Å². The first-order valence-corrected chi connectivity index (χ1v) is 11.5. The normalized spacial score (nSPS) is 14.5. The van der Waals surface area contributed by atoms with Gasteiger partial charge in [-0.2, -0.15) is 0 Å². The van der Waals surface area contributed by atoms with Gasteiger partial charge in [-0.3, -0.25) is 15.0 Å². The average molecular weight is 449 g/mol. The summed E-state index contributed by atoms with van der Waals surface area (Å²) in [6.07, 6.45) is 1.66. The van der Waals surface area contributed by atoms with Crippen LogP contribution in [0.1, 0.15) is 10.4 Å². The molecule has 9 heteroatoms. The Kier molecular flexibility index (Phi) is 6.11. The molecule has 0 bridgehead atoms. The van der Waals surface area contributed by atoms with Gasteiger partial charge in [-0.25, -0.2) is 9.97 Å². The molecule has 0 saturated carbocycles. The third-order valence-corrected chi connectivity index (χ3v) is 6.12. The molecule has 1 amide bonds. The summed E-state index contributed by atoms with van der Waals surface area (Å²) in [5, 5.41) is 8.58. The van der Waals surface area contributed by atoms with E-state index in [9.17, 15) is 4.79 Å². The van der Waals surface area contributed by atoms with Crippen LogP contribution in [0.4, 0.5) is 5.13 Å². The first kappa shape index (κ1) is 20.6. The van der Waals surface area contributed by atoms with E-state index in [1.54, 1.807) is 12.3 Å². The number of thiazole rings is 1. The van der Waals surface area contributed by atoms with Crippen LogP contribution in [-0.2, 0) is 0 Å². The monoisotopic (exact) mass is 448 g/mol. The summed E-state index contributed by atoms with van der Waals surface area (Å²) in [7, 11) is 0. The molecule has 2 aromatic carbocycles. The van der Waals surface area contributed by atoms with E-state index in [-0.39, 0.29) is 5.91 Å². The maximum atomic E-state index is 12.8. The number of carbonyl (C=O) groups is 1. The van der Waals surface area contributed by atoms with Gasteiger partial charge in [0.1, 0.15) is 23.7 Å². The molecule has 8 nitrogen and oxygen atoms in total. The van der Waals surface area contributed by atoms with Crippen molar-refractivity contribution in [1.29, 1.82) is 0 Å². The van der Waals surface area contributed by atoms with Crippen molar-refractivity contribution in [2.24, 2.45) is 0 Å². The van der Waals surface area contributed by atoms with Gasteiger partial charge in [-0.1, -0.05) is 18.2 Å². The fourth-order valence-electron chi connectivity index (χ4n) is 3.80. The van der Waals surface area contributed by atoms with Crippen LogP contribution >= 0.6 is 11.3 Å². The lowest BCUT2D eigenvalue weighted by molar-refractivity contribution is 0.102. The van der Waals surface area contributed by atoms with Crippen molar-refractivity contribution >= 4 is 33.4 Å². The van der Waals surface area contributed by atoms with Crippen molar-refractivity contribution < 1.29 is 9.53 Å². The number of aromatic amines is 1. The molecule has 2 aromatic heterocycles. The van der Waals surface area contributed by atoms with E-state index < -0.39 is 0 Å². The number of imidazole rings is 1. The van der Waals surface area contributed by atoms with Crippen LogP contribution in [0.2, 0.25) is 0 Å². The third-order valence-electron chi connectivity index (χ3n) is 5.43. The van der Waals surface area contributed by atoms with Crippen LogP contribution in [0, 0.1) is 0 Å². The van der Waals surface area contributed by atoms with Crippen LogP contribution in [-0.4, -0.2) is 65.1 Å². The van der Waals surface area contributed by atoms with Gasteiger partial charge < -0.3 is 15.0 Å². The fraction of sp³-hybridized carbons (Fsp3) is 0.261. The Balaban J connectivity index is 1.37. The SMILES string of the molecule is O=C(Nc1nccs1)c1cccc2[nH]c(-c3ccccc3OCCN3CCNCC3)nc12. The first-order chi connectivity index (χ1) is 15.8. The number of piperazine rings is 1. The number of aromatic nitrogens is 3. The molecular weight excluding hydrogens is 424 g/mol.